The molecule has 0 bridgehead atoms. The minimum Gasteiger partial charge on any atom is -0.327 e. The van der Waals surface area contributed by atoms with Gasteiger partial charge in [-0.25, -0.2) is 8.42 Å². The van der Waals surface area contributed by atoms with E-state index in [2.05, 4.69) is 6.92 Å². The van der Waals surface area contributed by atoms with Crippen molar-refractivity contribution in [3.8, 4) is 0 Å². The molecule has 1 aliphatic rings. The van der Waals surface area contributed by atoms with E-state index in [0.717, 1.165) is 32.1 Å². The van der Waals surface area contributed by atoms with Gasteiger partial charge in [-0.15, -0.1) is 0 Å². The molecule has 1 aliphatic heterocycles. The summed E-state index contributed by atoms with van der Waals surface area (Å²) in [7, 11) is -2.76. The maximum Gasteiger partial charge on any atom is 0.150 e. The first-order valence-corrected chi connectivity index (χ1v) is 7.33. The molecule has 3 nitrogen and oxygen atoms in total. The maximum atomic E-state index is 11.4. The average Bonchev–Trinajstić information content (AvgIpc) is 2.27. The Kier molecular flexibility index (Phi) is 4.38. The second-order valence-corrected chi connectivity index (χ2v) is 6.60. The molecule has 1 fully saturated rings. The van der Waals surface area contributed by atoms with E-state index < -0.39 is 9.84 Å². The first kappa shape index (κ1) is 12.0. The van der Waals surface area contributed by atoms with Crippen molar-refractivity contribution in [1.82, 2.24) is 0 Å². The Morgan fingerprint density at radius 3 is 2.71 bits per heavy atom. The monoisotopic (exact) mass is 219 g/mol. The summed E-state index contributed by atoms with van der Waals surface area (Å²) >= 11 is 0. The zero-order chi connectivity index (χ0) is 10.6. The number of hydrogen-bond donors (Lipinski definition) is 1. The predicted octanol–water partition coefficient (Wildman–Crippen LogP) is 1.33. The van der Waals surface area contributed by atoms with Crippen LogP contribution in [0.2, 0.25) is 0 Å². The van der Waals surface area contributed by atoms with E-state index >= 15 is 0 Å². The van der Waals surface area contributed by atoms with Crippen LogP contribution in [0.15, 0.2) is 0 Å². The highest BCUT2D eigenvalue weighted by atomic mass is 32.2. The Hall–Kier alpha value is -0.0900. The van der Waals surface area contributed by atoms with Crippen LogP contribution in [0.1, 0.15) is 39.0 Å². The second-order valence-electron chi connectivity index (χ2n) is 4.30. The van der Waals surface area contributed by atoms with Crippen LogP contribution in [-0.4, -0.2) is 26.0 Å². The Morgan fingerprint density at radius 1 is 1.36 bits per heavy atom. The molecule has 1 rings (SSSR count). The molecule has 4 heteroatoms. The van der Waals surface area contributed by atoms with E-state index in [1.807, 2.05) is 0 Å². The molecule has 14 heavy (non-hydrogen) atoms. The molecule has 0 aliphatic carbocycles. The zero-order valence-electron chi connectivity index (χ0n) is 8.91. The standard InChI is InChI=1S/C10H21NO2S/c1-2-4-10(11)9-5-3-7-14(12,13)8-6-9/h9-10H,2-8,11H2,1H3. The van der Waals surface area contributed by atoms with Crippen LogP contribution < -0.4 is 5.73 Å². The Bertz CT molecular complexity index is 261. The van der Waals surface area contributed by atoms with Gasteiger partial charge in [0, 0.05) is 6.04 Å². The van der Waals surface area contributed by atoms with Gasteiger partial charge in [0.05, 0.1) is 11.5 Å². The molecule has 0 amide bonds. The van der Waals surface area contributed by atoms with Crippen molar-refractivity contribution in [2.75, 3.05) is 11.5 Å². The van der Waals surface area contributed by atoms with Crippen molar-refractivity contribution in [3.63, 3.8) is 0 Å². The molecule has 1 saturated heterocycles. The van der Waals surface area contributed by atoms with Crippen LogP contribution >= 0.6 is 0 Å². The number of nitrogens with two attached hydrogens (primary N) is 1. The molecule has 0 aromatic heterocycles. The summed E-state index contributed by atoms with van der Waals surface area (Å²) in [5.41, 5.74) is 6.02. The van der Waals surface area contributed by atoms with E-state index in [1.54, 1.807) is 0 Å². The normalized spacial score (nSPS) is 29.4. The first-order chi connectivity index (χ1) is 6.55. The lowest BCUT2D eigenvalue weighted by Gasteiger charge is -2.21. The Labute approximate surface area is 87.0 Å². The third-order valence-electron chi connectivity index (χ3n) is 3.06. The van der Waals surface area contributed by atoms with Gasteiger partial charge < -0.3 is 5.73 Å². The Balaban J connectivity index is 2.49. The molecule has 2 atom stereocenters. The lowest BCUT2D eigenvalue weighted by molar-refractivity contribution is 0.366. The summed E-state index contributed by atoms with van der Waals surface area (Å²) in [6.07, 6.45) is 4.66. The first-order valence-electron chi connectivity index (χ1n) is 5.51. The molecule has 0 aromatic rings. The molecule has 0 aromatic carbocycles. The highest BCUT2D eigenvalue weighted by molar-refractivity contribution is 7.91. The smallest absolute Gasteiger partial charge is 0.150 e. The SMILES string of the molecule is CCCC(N)C1CCCS(=O)(=O)CC1. The predicted molar refractivity (Wildman–Crippen MR) is 58.9 cm³/mol. The van der Waals surface area contributed by atoms with E-state index in [9.17, 15) is 8.42 Å². The molecule has 84 valence electrons. The Morgan fingerprint density at radius 2 is 2.07 bits per heavy atom. The summed E-state index contributed by atoms with van der Waals surface area (Å²) in [6.45, 7) is 2.12. The van der Waals surface area contributed by atoms with Crippen molar-refractivity contribution in [3.05, 3.63) is 0 Å². The van der Waals surface area contributed by atoms with Crippen LogP contribution in [0.25, 0.3) is 0 Å². The van der Waals surface area contributed by atoms with Crippen LogP contribution in [-0.2, 0) is 9.84 Å². The van der Waals surface area contributed by atoms with E-state index in [4.69, 9.17) is 5.73 Å². The van der Waals surface area contributed by atoms with Crippen molar-refractivity contribution in [2.24, 2.45) is 11.7 Å². The fourth-order valence-corrected chi connectivity index (χ4v) is 3.61. The van der Waals surface area contributed by atoms with Gasteiger partial charge in [-0.1, -0.05) is 13.3 Å². The van der Waals surface area contributed by atoms with Gasteiger partial charge in [0.15, 0.2) is 0 Å². The molecule has 0 radical (unpaired) electrons. The highest BCUT2D eigenvalue weighted by Crippen LogP contribution is 2.23. The van der Waals surface area contributed by atoms with Gasteiger partial charge in [-0.05, 0) is 31.6 Å². The fraction of sp³-hybridized carbons (Fsp3) is 1.00. The number of hydrogen-bond acceptors (Lipinski definition) is 3. The van der Waals surface area contributed by atoms with Gasteiger partial charge in [0.2, 0.25) is 0 Å². The molecule has 1 heterocycles. The quantitative estimate of drug-likeness (QED) is 0.779. The zero-order valence-corrected chi connectivity index (χ0v) is 9.72. The van der Waals surface area contributed by atoms with Crippen molar-refractivity contribution < 1.29 is 8.42 Å². The average molecular weight is 219 g/mol. The summed E-state index contributed by atoms with van der Waals surface area (Å²) in [6, 6.07) is 0.202. The second kappa shape index (κ2) is 5.12. The van der Waals surface area contributed by atoms with Crippen LogP contribution in [0.3, 0.4) is 0 Å². The molecule has 2 unspecified atom stereocenters. The minimum absolute atomic E-state index is 0.202. The third kappa shape index (κ3) is 3.58. The molecular formula is C10H21NO2S. The summed E-state index contributed by atoms with van der Waals surface area (Å²) in [4.78, 5) is 0. The summed E-state index contributed by atoms with van der Waals surface area (Å²) in [5, 5.41) is 0. The lowest BCUT2D eigenvalue weighted by Crippen LogP contribution is -2.30. The molecular weight excluding hydrogens is 198 g/mol. The van der Waals surface area contributed by atoms with E-state index in [-0.39, 0.29) is 6.04 Å². The van der Waals surface area contributed by atoms with Gasteiger partial charge in [0.1, 0.15) is 9.84 Å². The van der Waals surface area contributed by atoms with Crippen molar-refractivity contribution in [2.45, 2.75) is 45.1 Å². The molecule has 2 N–H and O–H groups in total. The number of sulfone groups is 1. The van der Waals surface area contributed by atoms with Crippen molar-refractivity contribution in [1.29, 1.82) is 0 Å². The summed E-state index contributed by atoms with van der Waals surface area (Å²) < 4.78 is 22.7. The fourth-order valence-electron chi connectivity index (χ4n) is 2.14. The van der Waals surface area contributed by atoms with Gasteiger partial charge in [-0.2, -0.15) is 0 Å². The van der Waals surface area contributed by atoms with Crippen LogP contribution in [0.4, 0.5) is 0 Å². The van der Waals surface area contributed by atoms with E-state index in [0.29, 0.717) is 17.4 Å². The van der Waals surface area contributed by atoms with E-state index in [1.165, 1.54) is 0 Å². The summed E-state index contributed by atoms with van der Waals surface area (Å²) in [5.74, 6) is 1.13. The largest absolute Gasteiger partial charge is 0.327 e. The molecule has 0 saturated carbocycles. The van der Waals surface area contributed by atoms with Crippen LogP contribution in [0, 0.1) is 5.92 Å². The van der Waals surface area contributed by atoms with Crippen LogP contribution in [0.5, 0.6) is 0 Å². The number of rotatable bonds is 3. The third-order valence-corrected chi connectivity index (χ3v) is 4.83. The van der Waals surface area contributed by atoms with Gasteiger partial charge >= 0.3 is 0 Å². The van der Waals surface area contributed by atoms with Gasteiger partial charge in [0.25, 0.3) is 0 Å². The van der Waals surface area contributed by atoms with Gasteiger partial charge in [-0.3, -0.25) is 0 Å². The maximum absolute atomic E-state index is 11.4. The molecule has 0 spiro atoms. The van der Waals surface area contributed by atoms with Crippen molar-refractivity contribution >= 4 is 9.84 Å². The minimum atomic E-state index is -2.76. The topological polar surface area (TPSA) is 60.2 Å². The lowest BCUT2D eigenvalue weighted by atomic mass is 9.90. The highest BCUT2D eigenvalue weighted by Gasteiger charge is 2.24.